The van der Waals surface area contributed by atoms with Gasteiger partial charge in [-0.15, -0.1) is 5.10 Å². The summed E-state index contributed by atoms with van der Waals surface area (Å²) in [6.07, 6.45) is 2.71. The summed E-state index contributed by atoms with van der Waals surface area (Å²) in [5, 5.41) is 24.3. The molecule has 0 saturated carbocycles. The predicted octanol–water partition coefficient (Wildman–Crippen LogP) is -0.585. The molecule has 1 aromatic heterocycles. The van der Waals surface area contributed by atoms with Crippen LogP contribution < -0.4 is 11.2 Å². The van der Waals surface area contributed by atoms with Crippen LogP contribution in [0.1, 0.15) is 5.69 Å². The summed E-state index contributed by atoms with van der Waals surface area (Å²) in [5.41, 5.74) is 6.93. The average molecular weight is 195 g/mol. The van der Waals surface area contributed by atoms with Crippen LogP contribution in [0.3, 0.4) is 0 Å². The van der Waals surface area contributed by atoms with E-state index in [-0.39, 0.29) is 17.4 Å². The van der Waals surface area contributed by atoms with Gasteiger partial charge in [0.15, 0.2) is 0 Å². The molecule has 1 aromatic rings. The standard InChI is InChI=1S/C7H9N5O2/c8-7(12-14)11-10-4-5-6(13)2-1-3-9-5/h1-4,13-14H,(H3,8,11,12)/b10-4-. The largest absolute Gasteiger partial charge is 0.506 e. The Hall–Kier alpha value is -2.15. The fourth-order valence-electron chi connectivity index (χ4n) is 0.677. The van der Waals surface area contributed by atoms with Crippen LogP contribution >= 0.6 is 0 Å². The summed E-state index contributed by atoms with van der Waals surface area (Å²) in [4.78, 5) is 3.81. The Bertz CT molecular complexity index is 363. The maximum Gasteiger partial charge on any atom is 0.237 e. The quantitative estimate of drug-likeness (QED) is 0.286. The molecule has 0 aliphatic heterocycles. The zero-order chi connectivity index (χ0) is 10.4. The molecular weight excluding hydrogens is 186 g/mol. The molecule has 7 nitrogen and oxygen atoms in total. The molecule has 0 unspecified atom stereocenters. The first-order valence-corrected chi connectivity index (χ1v) is 3.64. The van der Waals surface area contributed by atoms with Gasteiger partial charge in [0.05, 0.1) is 6.21 Å². The maximum atomic E-state index is 9.23. The highest BCUT2D eigenvalue weighted by molar-refractivity contribution is 5.82. The minimum atomic E-state index is -0.253. The Kier molecular flexibility index (Phi) is 3.39. The molecule has 7 heteroatoms. The second-order valence-corrected chi connectivity index (χ2v) is 2.25. The van der Waals surface area contributed by atoms with Crippen LogP contribution in [0, 0.1) is 0 Å². The van der Waals surface area contributed by atoms with Gasteiger partial charge in [-0.3, -0.25) is 10.2 Å². The number of pyridine rings is 1. The SMILES string of the molecule is NC(=N/N=C\c1ncccc1O)NO. The van der Waals surface area contributed by atoms with Crippen molar-refractivity contribution in [1.82, 2.24) is 10.5 Å². The zero-order valence-corrected chi connectivity index (χ0v) is 7.12. The second kappa shape index (κ2) is 4.77. The number of rotatable bonds is 2. The van der Waals surface area contributed by atoms with E-state index in [2.05, 4.69) is 15.2 Å². The first kappa shape index (κ1) is 9.93. The van der Waals surface area contributed by atoms with E-state index in [0.29, 0.717) is 0 Å². The Morgan fingerprint density at radius 3 is 3.07 bits per heavy atom. The molecule has 74 valence electrons. The van der Waals surface area contributed by atoms with Gasteiger partial charge < -0.3 is 10.8 Å². The number of nitrogens with one attached hydrogen (secondary N) is 1. The van der Waals surface area contributed by atoms with Crippen molar-refractivity contribution in [3.63, 3.8) is 0 Å². The normalized spacial score (nSPS) is 11.9. The molecule has 0 radical (unpaired) electrons. The average Bonchev–Trinajstić information content (AvgIpc) is 2.20. The number of hydrogen-bond acceptors (Lipinski definition) is 5. The fraction of sp³-hybridized carbons (Fsp3) is 0. The van der Waals surface area contributed by atoms with Crippen molar-refractivity contribution in [3.8, 4) is 5.75 Å². The van der Waals surface area contributed by atoms with E-state index in [1.807, 2.05) is 0 Å². The number of aromatic hydroxyl groups is 1. The molecule has 5 N–H and O–H groups in total. The molecular formula is C7H9N5O2. The molecule has 14 heavy (non-hydrogen) atoms. The second-order valence-electron chi connectivity index (χ2n) is 2.25. The fourth-order valence-corrected chi connectivity index (χ4v) is 0.677. The molecule has 0 amide bonds. The minimum absolute atomic E-state index is 0.0121. The summed E-state index contributed by atoms with van der Waals surface area (Å²) in [7, 11) is 0. The zero-order valence-electron chi connectivity index (χ0n) is 7.12. The van der Waals surface area contributed by atoms with Crippen LogP contribution in [0.15, 0.2) is 28.5 Å². The lowest BCUT2D eigenvalue weighted by molar-refractivity contribution is 0.232. The molecule has 1 heterocycles. The van der Waals surface area contributed by atoms with Gasteiger partial charge in [0.1, 0.15) is 11.4 Å². The van der Waals surface area contributed by atoms with E-state index in [4.69, 9.17) is 10.9 Å². The van der Waals surface area contributed by atoms with E-state index in [9.17, 15) is 5.11 Å². The van der Waals surface area contributed by atoms with Crippen LogP contribution in [-0.4, -0.2) is 27.5 Å². The Morgan fingerprint density at radius 2 is 2.43 bits per heavy atom. The molecule has 0 aliphatic carbocycles. The smallest absolute Gasteiger partial charge is 0.237 e. The molecule has 0 spiro atoms. The molecule has 0 atom stereocenters. The first-order valence-electron chi connectivity index (χ1n) is 3.64. The number of nitrogens with two attached hydrogens (primary N) is 1. The highest BCUT2D eigenvalue weighted by Crippen LogP contribution is 2.09. The van der Waals surface area contributed by atoms with Crippen LogP contribution in [0.5, 0.6) is 5.75 Å². The Balaban J connectivity index is 2.74. The van der Waals surface area contributed by atoms with Crippen molar-refractivity contribution in [1.29, 1.82) is 0 Å². The van der Waals surface area contributed by atoms with Crippen LogP contribution in [0.4, 0.5) is 0 Å². The first-order chi connectivity index (χ1) is 6.74. The predicted molar refractivity (Wildman–Crippen MR) is 50.0 cm³/mol. The van der Waals surface area contributed by atoms with Crippen LogP contribution in [0.25, 0.3) is 0 Å². The lowest BCUT2D eigenvalue weighted by Gasteiger charge is -1.94. The van der Waals surface area contributed by atoms with E-state index in [0.717, 1.165) is 0 Å². The summed E-state index contributed by atoms with van der Waals surface area (Å²) < 4.78 is 0. The van der Waals surface area contributed by atoms with Gasteiger partial charge in [0, 0.05) is 6.20 Å². The van der Waals surface area contributed by atoms with Gasteiger partial charge in [0.25, 0.3) is 0 Å². The van der Waals surface area contributed by atoms with Crippen molar-refractivity contribution < 1.29 is 10.3 Å². The third-order valence-corrected chi connectivity index (χ3v) is 1.28. The van der Waals surface area contributed by atoms with Gasteiger partial charge >= 0.3 is 0 Å². The summed E-state index contributed by atoms with van der Waals surface area (Å²) in [6.45, 7) is 0. The minimum Gasteiger partial charge on any atom is -0.506 e. The van der Waals surface area contributed by atoms with Gasteiger partial charge in [0.2, 0.25) is 5.96 Å². The molecule has 0 saturated heterocycles. The van der Waals surface area contributed by atoms with Crippen molar-refractivity contribution in [2.24, 2.45) is 15.9 Å². The van der Waals surface area contributed by atoms with Gasteiger partial charge in [-0.2, -0.15) is 5.10 Å². The summed E-state index contributed by atoms with van der Waals surface area (Å²) in [5.74, 6) is -0.265. The van der Waals surface area contributed by atoms with E-state index in [1.54, 1.807) is 11.5 Å². The van der Waals surface area contributed by atoms with Crippen molar-refractivity contribution in [3.05, 3.63) is 24.0 Å². The number of aromatic nitrogens is 1. The van der Waals surface area contributed by atoms with E-state index in [1.165, 1.54) is 18.5 Å². The lowest BCUT2D eigenvalue weighted by Crippen LogP contribution is -2.27. The monoisotopic (exact) mass is 195 g/mol. The highest BCUT2D eigenvalue weighted by atomic mass is 16.5. The van der Waals surface area contributed by atoms with Crippen molar-refractivity contribution >= 4 is 12.2 Å². The molecule has 0 aliphatic rings. The number of nitrogens with zero attached hydrogens (tertiary/aromatic N) is 3. The topological polar surface area (TPSA) is 116 Å². The highest BCUT2D eigenvalue weighted by Gasteiger charge is 1.95. The molecule has 0 fully saturated rings. The Labute approximate surface area is 79.6 Å². The number of guanidine groups is 1. The molecule has 0 bridgehead atoms. The van der Waals surface area contributed by atoms with Crippen LogP contribution in [0.2, 0.25) is 0 Å². The van der Waals surface area contributed by atoms with E-state index >= 15 is 0 Å². The molecule has 1 rings (SSSR count). The summed E-state index contributed by atoms with van der Waals surface area (Å²) in [6, 6.07) is 3.05. The van der Waals surface area contributed by atoms with Crippen molar-refractivity contribution in [2.75, 3.05) is 0 Å². The number of hydrogen-bond donors (Lipinski definition) is 4. The van der Waals surface area contributed by atoms with Crippen LogP contribution in [-0.2, 0) is 0 Å². The van der Waals surface area contributed by atoms with Gasteiger partial charge in [-0.1, -0.05) is 0 Å². The van der Waals surface area contributed by atoms with Gasteiger partial charge in [-0.25, -0.2) is 5.48 Å². The summed E-state index contributed by atoms with van der Waals surface area (Å²) >= 11 is 0. The van der Waals surface area contributed by atoms with Crippen molar-refractivity contribution in [2.45, 2.75) is 0 Å². The third kappa shape index (κ3) is 2.72. The maximum absolute atomic E-state index is 9.23. The lowest BCUT2D eigenvalue weighted by atomic mass is 10.3. The van der Waals surface area contributed by atoms with E-state index < -0.39 is 0 Å². The number of hydroxylamine groups is 1. The molecule has 0 aromatic carbocycles. The Morgan fingerprint density at radius 1 is 1.64 bits per heavy atom. The third-order valence-electron chi connectivity index (χ3n) is 1.28. The van der Waals surface area contributed by atoms with Gasteiger partial charge in [-0.05, 0) is 12.1 Å².